The number of carbonyl (C=O) groups excluding carboxylic acids is 1. The van der Waals surface area contributed by atoms with E-state index in [0.717, 1.165) is 12.3 Å². The maximum Gasteiger partial charge on any atom is 0.401 e. The topological polar surface area (TPSA) is 142 Å². The summed E-state index contributed by atoms with van der Waals surface area (Å²) in [6, 6.07) is 5.28. The zero-order valence-electron chi connectivity index (χ0n) is 23.0. The zero-order chi connectivity index (χ0) is 31.0. The molecular weight excluding hydrogens is 596 g/mol. The number of halogens is 4. The van der Waals surface area contributed by atoms with Gasteiger partial charge in [0.05, 0.1) is 25.8 Å². The smallest absolute Gasteiger partial charge is 0.401 e. The summed E-state index contributed by atoms with van der Waals surface area (Å²) in [5.41, 5.74) is -0.362. The van der Waals surface area contributed by atoms with E-state index in [1.807, 2.05) is 0 Å². The SMILES string of the molecule is COc1nn(CCS(C)(=O)=O)cc1Cc1ncc(-c2ccc(CC(=O)Nc3cc(C4(C(F)(F)F)CC4)on3)c(F)c2)cn1. The molecule has 1 aliphatic carbocycles. The Balaban J connectivity index is 1.20. The quantitative estimate of drug-likeness (QED) is 0.247. The van der Waals surface area contributed by atoms with E-state index in [1.54, 1.807) is 12.3 Å². The van der Waals surface area contributed by atoms with Gasteiger partial charge in [0.15, 0.2) is 11.6 Å². The number of nitrogens with zero attached hydrogens (tertiary/aromatic N) is 5. The average Bonchev–Trinajstić information content (AvgIpc) is 3.49. The molecule has 0 aliphatic heterocycles. The number of aryl methyl sites for hydroxylation is 1. The fourth-order valence-corrected chi connectivity index (χ4v) is 4.98. The minimum absolute atomic E-state index is 0.0661. The third-order valence-corrected chi connectivity index (χ3v) is 7.94. The number of hydrogen-bond donors (Lipinski definition) is 1. The van der Waals surface area contributed by atoms with E-state index < -0.39 is 33.2 Å². The van der Waals surface area contributed by atoms with Crippen LogP contribution in [0.1, 0.15) is 35.6 Å². The maximum absolute atomic E-state index is 14.9. The van der Waals surface area contributed by atoms with Crippen molar-refractivity contribution in [2.24, 2.45) is 0 Å². The Kier molecular flexibility index (Phi) is 7.98. The van der Waals surface area contributed by atoms with E-state index >= 15 is 0 Å². The van der Waals surface area contributed by atoms with Crippen molar-refractivity contribution in [2.45, 2.75) is 43.8 Å². The summed E-state index contributed by atoms with van der Waals surface area (Å²) in [6.07, 6.45) is 1.01. The van der Waals surface area contributed by atoms with Gasteiger partial charge in [-0.1, -0.05) is 17.3 Å². The number of sulfone groups is 1. The predicted molar refractivity (Wildman–Crippen MR) is 145 cm³/mol. The Morgan fingerprint density at radius 3 is 2.47 bits per heavy atom. The fraction of sp³-hybridized carbons (Fsp3) is 0.370. The Morgan fingerprint density at radius 2 is 1.86 bits per heavy atom. The lowest BCUT2D eigenvalue weighted by Crippen LogP contribution is -2.28. The first-order valence-corrected chi connectivity index (χ1v) is 15.0. The van der Waals surface area contributed by atoms with E-state index in [9.17, 15) is 30.8 Å². The van der Waals surface area contributed by atoms with Gasteiger partial charge in [-0.15, -0.1) is 5.10 Å². The summed E-state index contributed by atoms with van der Waals surface area (Å²) in [7, 11) is -1.72. The molecule has 11 nitrogen and oxygen atoms in total. The third-order valence-electron chi connectivity index (χ3n) is 7.02. The Bertz CT molecular complexity index is 1750. The van der Waals surface area contributed by atoms with Crippen molar-refractivity contribution >= 4 is 21.6 Å². The van der Waals surface area contributed by atoms with Crippen molar-refractivity contribution in [3.8, 4) is 17.0 Å². The number of benzene rings is 1. The number of hydrogen-bond acceptors (Lipinski definition) is 9. The van der Waals surface area contributed by atoms with Crippen LogP contribution in [-0.2, 0) is 39.4 Å². The summed E-state index contributed by atoms with van der Waals surface area (Å²) in [5.74, 6) is -1.21. The molecular formula is C27H26F4N6O5S. The second-order valence-corrected chi connectivity index (χ2v) is 12.6. The van der Waals surface area contributed by atoms with Crippen LogP contribution < -0.4 is 10.1 Å². The molecule has 4 aromatic rings. The highest BCUT2D eigenvalue weighted by molar-refractivity contribution is 7.90. The number of ether oxygens (including phenoxy) is 1. The first kappa shape index (κ1) is 30.1. The number of carbonyl (C=O) groups is 1. The average molecular weight is 623 g/mol. The van der Waals surface area contributed by atoms with Crippen LogP contribution in [0.5, 0.6) is 5.88 Å². The molecule has 43 heavy (non-hydrogen) atoms. The largest absolute Gasteiger partial charge is 0.480 e. The Hall–Kier alpha value is -4.34. The molecule has 1 aromatic carbocycles. The van der Waals surface area contributed by atoms with Crippen molar-refractivity contribution in [2.75, 3.05) is 24.4 Å². The van der Waals surface area contributed by atoms with Gasteiger partial charge in [-0.2, -0.15) is 13.2 Å². The number of alkyl halides is 3. The lowest BCUT2D eigenvalue weighted by atomic mass is 10.0. The highest BCUT2D eigenvalue weighted by Crippen LogP contribution is 2.59. The standard InChI is InChI=1S/C27H26F4N6O5S/c1-41-25-18(15-37(35-25)7-8-43(2,39)40)10-22-32-13-19(14-33-22)16-3-4-17(20(28)9-16)11-24(38)34-23-12-21(42-36-23)26(5-6-26)27(29,30)31/h3-4,9,12-15H,5-8,10-11H2,1-2H3,(H,34,36,38). The highest BCUT2D eigenvalue weighted by Gasteiger charge is 2.66. The van der Waals surface area contributed by atoms with Crippen LogP contribution in [0.2, 0.25) is 0 Å². The van der Waals surface area contributed by atoms with Gasteiger partial charge < -0.3 is 14.6 Å². The molecule has 16 heteroatoms. The summed E-state index contributed by atoms with van der Waals surface area (Å²) < 4.78 is 89.2. The molecule has 0 spiro atoms. The number of methoxy groups -OCH3 is 1. The first-order valence-electron chi connectivity index (χ1n) is 13.0. The second-order valence-electron chi connectivity index (χ2n) is 10.3. The predicted octanol–water partition coefficient (Wildman–Crippen LogP) is 3.89. The zero-order valence-corrected chi connectivity index (χ0v) is 23.8. The van der Waals surface area contributed by atoms with Crippen LogP contribution in [-0.4, -0.2) is 64.5 Å². The summed E-state index contributed by atoms with van der Waals surface area (Å²) in [4.78, 5) is 21.1. The molecule has 0 radical (unpaired) electrons. The van der Waals surface area contributed by atoms with E-state index in [0.29, 0.717) is 28.4 Å². The van der Waals surface area contributed by atoms with E-state index in [1.165, 1.54) is 36.3 Å². The van der Waals surface area contributed by atoms with E-state index in [4.69, 9.17) is 9.26 Å². The molecule has 0 unspecified atom stereocenters. The molecule has 228 valence electrons. The van der Waals surface area contributed by atoms with Gasteiger partial charge in [0.1, 0.15) is 26.9 Å². The molecule has 1 N–H and O–H groups in total. The van der Waals surface area contributed by atoms with Gasteiger partial charge in [-0.3, -0.25) is 9.48 Å². The molecule has 1 fully saturated rings. The minimum atomic E-state index is -4.48. The Labute approximate surface area is 243 Å². The monoisotopic (exact) mass is 622 g/mol. The van der Waals surface area contributed by atoms with Crippen molar-refractivity contribution in [1.29, 1.82) is 0 Å². The molecule has 1 saturated carbocycles. The van der Waals surface area contributed by atoms with Gasteiger partial charge in [-0.05, 0) is 30.0 Å². The molecule has 1 amide bonds. The van der Waals surface area contributed by atoms with Gasteiger partial charge >= 0.3 is 6.18 Å². The maximum atomic E-state index is 14.9. The molecule has 0 saturated heterocycles. The van der Waals surface area contributed by atoms with Crippen LogP contribution >= 0.6 is 0 Å². The third kappa shape index (κ3) is 6.84. The van der Waals surface area contributed by atoms with Crippen LogP contribution in [0.25, 0.3) is 11.1 Å². The summed E-state index contributed by atoms with van der Waals surface area (Å²) >= 11 is 0. The number of nitrogens with one attached hydrogen (secondary N) is 1. The van der Waals surface area contributed by atoms with Crippen LogP contribution in [0.15, 0.2) is 47.4 Å². The van der Waals surface area contributed by atoms with Gasteiger partial charge in [0, 0.05) is 48.5 Å². The van der Waals surface area contributed by atoms with Gasteiger partial charge in [0.25, 0.3) is 0 Å². The van der Waals surface area contributed by atoms with Crippen LogP contribution in [0.4, 0.5) is 23.4 Å². The molecule has 1 aliphatic rings. The normalized spacial score (nSPS) is 14.5. The fourth-order valence-electron chi connectivity index (χ4n) is 4.46. The van der Waals surface area contributed by atoms with E-state index in [2.05, 4.69) is 25.5 Å². The lowest BCUT2D eigenvalue weighted by Gasteiger charge is -2.14. The number of anilines is 1. The first-order chi connectivity index (χ1) is 20.3. The Morgan fingerprint density at radius 1 is 1.14 bits per heavy atom. The van der Waals surface area contributed by atoms with Crippen LogP contribution in [0.3, 0.4) is 0 Å². The number of rotatable bonds is 11. The highest BCUT2D eigenvalue weighted by atomic mass is 32.2. The molecule has 0 atom stereocenters. The summed E-state index contributed by atoms with van der Waals surface area (Å²) in [6.45, 7) is 0.169. The minimum Gasteiger partial charge on any atom is -0.480 e. The molecule has 0 bridgehead atoms. The van der Waals surface area contributed by atoms with Crippen molar-refractivity contribution in [1.82, 2.24) is 24.9 Å². The number of amides is 1. The van der Waals surface area contributed by atoms with E-state index in [-0.39, 0.29) is 55.1 Å². The van der Waals surface area contributed by atoms with Crippen molar-refractivity contribution < 1.29 is 40.0 Å². The molecule has 3 aromatic heterocycles. The molecule has 5 rings (SSSR count). The van der Waals surface area contributed by atoms with Crippen molar-refractivity contribution in [3.05, 3.63) is 71.4 Å². The lowest BCUT2D eigenvalue weighted by molar-refractivity contribution is -0.165. The summed E-state index contributed by atoms with van der Waals surface area (Å²) in [5, 5.41) is 10.1. The van der Waals surface area contributed by atoms with Crippen molar-refractivity contribution in [3.63, 3.8) is 0 Å². The molecule has 3 heterocycles. The second kappa shape index (κ2) is 11.4. The van der Waals surface area contributed by atoms with Gasteiger partial charge in [-0.25, -0.2) is 22.8 Å². The van der Waals surface area contributed by atoms with Crippen LogP contribution in [0, 0.1) is 5.82 Å². The van der Waals surface area contributed by atoms with Gasteiger partial charge in [0.2, 0.25) is 11.8 Å². The number of aromatic nitrogens is 5.